The van der Waals surface area contributed by atoms with Crippen molar-refractivity contribution in [1.29, 1.82) is 0 Å². The average molecular weight is 710 g/mol. The van der Waals surface area contributed by atoms with Gasteiger partial charge in [0.15, 0.2) is 16.3 Å². The van der Waals surface area contributed by atoms with Crippen molar-refractivity contribution in [2.24, 2.45) is 4.99 Å². The summed E-state index contributed by atoms with van der Waals surface area (Å²) < 4.78 is 41.1. The molecule has 1 aliphatic heterocycles. The number of hydrogen-bond acceptors (Lipinski definition) is 8. The first-order chi connectivity index (χ1) is 24.5. The number of allylic oxidation sites excluding steroid dienone is 1. The number of benzene rings is 3. The SMILES string of the molecule is CCOC(=O)C1=C(C)N=c2s/c(=C/c3cc(C)n(-c4ccc(OCc5ccccc5F)cc4)c3C)c(=O)n2[C@H]1c1ccc(OC(C)C)c(OC)c1. The van der Waals surface area contributed by atoms with Gasteiger partial charge in [-0.2, -0.15) is 0 Å². The Hall–Kier alpha value is -5.42. The van der Waals surface area contributed by atoms with Crippen LogP contribution in [0.4, 0.5) is 4.39 Å². The van der Waals surface area contributed by atoms with Crippen LogP contribution < -0.4 is 29.1 Å². The Morgan fingerprint density at radius 3 is 2.45 bits per heavy atom. The van der Waals surface area contributed by atoms with E-state index in [1.165, 1.54) is 17.4 Å². The van der Waals surface area contributed by atoms with Gasteiger partial charge in [-0.3, -0.25) is 9.36 Å². The minimum Gasteiger partial charge on any atom is -0.493 e. The maximum atomic E-state index is 14.3. The molecule has 3 heterocycles. The highest BCUT2D eigenvalue weighted by Crippen LogP contribution is 2.36. The van der Waals surface area contributed by atoms with E-state index in [1.807, 2.05) is 70.2 Å². The van der Waals surface area contributed by atoms with E-state index in [-0.39, 0.29) is 36.3 Å². The van der Waals surface area contributed by atoms with Crippen molar-refractivity contribution in [3.8, 4) is 22.9 Å². The highest BCUT2D eigenvalue weighted by Gasteiger charge is 2.34. The van der Waals surface area contributed by atoms with Gasteiger partial charge in [-0.15, -0.1) is 0 Å². The number of aromatic nitrogens is 2. The largest absolute Gasteiger partial charge is 0.493 e. The molecule has 3 aromatic carbocycles. The molecule has 0 amide bonds. The molecule has 0 unspecified atom stereocenters. The number of carbonyl (C=O) groups is 1. The molecule has 0 spiro atoms. The lowest BCUT2D eigenvalue weighted by atomic mass is 9.95. The third-order valence-electron chi connectivity index (χ3n) is 8.59. The summed E-state index contributed by atoms with van der Waals surface area (Å²) in [5.41, 5.74) is 5.33. The zero-order valence-electron chi connectivity index (χ0n) is 29.7. The van der Waals surface area contributed by atoms with E-state index in [9.17, 15) is 14.0 Å². The average Bonchev–Trinajstić information content (AvgIpc) is 3.56. The van der Waals surface area contributed by atoms with Gasteiger partial charge in [0.05, 0.1) is 41.7 Å². The second kappa shape index (κ2) is 14.8. The molecule has 2 aromatic heterocycles. The highest BCUT2D eigenvalue weighted by molar-refractivity contribution is 7.07. The van der Waals surface area contributed by atoms with Crippen molar-refractivity contribution >= 4 is 23.4 Å². The molecule has 9 nitrogen and oxygen atoms in total. The van der Waals surface area contributed by atoms with Gasteiger partial charge in [0, 0.05) is 22.6 Å². The summed E-state index contributed by atoms with van der Waals surface area (Å²) >= 11 is 1.27. The summed E-state index contributed by atoms with van der Waals surface area (Å²) in [6.07, 6.45) is 1.79. The lowest BCUT2D eigenvalue weighted by molar-refractivity contribution is -0.139. The topological polar surface area (TPSA) is 93.3 Å². The summed E-state index contributed by atoms with van der Waals surface area (Å²) in [6.45, 7) is 11.7. The fraction of sp³-hybridized carbons (Fsp3) is 0.275. The normalized spacial score (nSPS) is 14.4. The van der Waals surface area contributed by atoms with E-state index in [0.717, 1.165) is 22.6 Å². The maximum absolute atomic E-state index is 14.3. The van der Waals surface area contributed by atoms with Crippen molar-refractivity contribution < 1.29 is 28.1 Å². The molecule has 264 valence electrons. The van der Waals surface area contributed by atoms with Crippen LogP contribution in [-0.4, -0.2) is 34.9 Å². The first-order valence-corrected chi connectivity index (χ1v) is 17.5. The number of esters is 1. The molecule has 0 aliphatic carbocycles. The molecule has 51 heavy (non-hydrogen) atoms. The number of hydrogen-bond donors (Lipinski definition) is 0. The van der Waals surface area contributed by atoms with Crippen molar-refractivity contribution in [3.05, 3.63) is 138 Å². The van der Waals surface area contributed by atoms with E-state index in [4.69, 9.17) is 23.9 Å². The number of carbonyl (C=O) groups excluding carboxylic acids is 1. The Kier molecular flexibility index (Phi) is 10.3. The molecular formula is C40H40FN3O6S. The number of rotatable bonds is 11. The minimum absolute atomic E-state index is 0.0768. The zero-order chi connectivity index (χ0) is 36.4. The van der Waals surface area contributed by atoms with Crippen LogP contribution in [0.2, 0.25) is 0 Å². The van der Waals surface area contributed by atoms with Crippen molar-refractivity contribution in [3.63, 3.8) is 0 Å². The van der Waals surface area contributed by atoms with Crippen molar-refractivity contribution in [2.45, 2.75) is 60.3 Å². The molecule has 0 saturated carbocycles. The molecule has 0 fully saturated rings. The fourth-order valence-corrected chi connectivity index (χ4v) is 7.29. The summed E-state index contributed by atoms with van der Waals surface area (Å²) in [6, 6.07) is 20.8. The minimum atomic E-state index is -0.795. The first-order valence-electron chi connectivity index (χ1n) is 16.7. The summed E-state index contributed by atoms with van der Waals surface area (Å²) in [4.78, 5) is 32.9. The van der Waals surface area contributed by atoms with Gasteiger partial charge >= 0.3 is 5.97 Å². The number of thiazole rings is 1. The Morgan fingerprint density at radius 1 is 1.02 bits per heavy atom. The number of ether oxygens (including phenoxy) is 4. The number of halogens is 1. The molecule has 1 aliphatic rings. The molecule has 5 aromatic rings. The second-order valence-corrected chi connectivity index (χ2v) is 13.4. The van der Waals surface area contributed by atoms with Crippen LogP contribution in [-0.2, 0) is 16.1 Å². The number of fused-ring (bicyclic) bond motifs is 1. The van der Waals surface area contributed by atoms with E-state index < -0.39 is 12.0 Å². The van der Waals surface area contributed by atoms with Crippen LogP contribution in [0.3, 0.4) is 0 Å². The lowest BCUT2D eigenvalue weighted by Crippen LogP contribution is -2.40. The molecule has 0 radical (unpaired) electrons. The van der Waals surface area contributed by atoms with Crippen LogP contribution in [0.15, 0.2) is 93.9 Å². The molecule has 0 bridgehead atoms. The van der Waals surface area contributed by atoms with Crippen LogP contribution in [0.5, 0.6) is 17.2 Å². The standard InChI is InChI=1S/C40H40FN3O6S/c1-8-48-39(46)36-25(5)42-40-44(37(36)27-13-18-33(50-23(2)3)34(20-27)47-7)38(45)35(51-40)21-29-19-24(4)43(26(29)6)30-14-16-31(17-15-30)49-22-28-11-9-10-12-32(28)41/h9-21,23,37H,8,22H2,1-7H3/b35-21+/t37-/m0/s1. The number of aryl methyl sites for hydroxylation is 1. The fourth-order valence-electron chi connectivity index (χ4n) is 6.25. The molecular weight excluding hydrogens is 670 g/mol. The Morgan fingerprint density at radius 2 is 1.76 bits per heavy atom. The van der Waals surface area contributed by atoms with E-state index >= 15 is 0 Å². The van der Waals surface area contributed by atoms with E-state index in [1.54, 1.807) is 55.9 Å². The number of nitrogens with zero attached hydrogens (tertiary/aromatic N) is 3. The molecule has 11 heteroatoms. The predicted octanol–water partition coefficient (Wildman–Crippen LogP) is 6.72. The lowest BCUT2D eigenvalue weighted by Gasteiger charge is -2.25. The van der Waals surface area contributed by atoms with Gasteiger partial charge in [0.25, 0.3) is 5.56 Å². The predicted molar refractivity (Wildman–Crippen MR) is 195 cm³/mol. The van der Waals surface area contributed by atoms with Gasteiger partial charge in [-0.05, 0) is 107 Å². The summed E-state index contributed by atoms with van der Waals surface area (Å²) in [5, 5.41) is 0. The van der Waals surface area contributed by atoms with Crippen LogP contribution >= 0.6 is 11.3 Å². The molecule has 6 rings (SSSR count). The third kappa shape index (κ3) is 7.12. The Balaban J connectivity index is 1.38. The van der Waals surface area contributed by atoms with Crippen LogP contribution in [0.25, 0.3) is 11.8 Å². The van der Waals surface area contributed by atoms with Gasteiger partial charge in [0.2, 0.25) is 0 Å². The molecule has 1 atom stereocenters. The number of methoxy groups -OCH3 is 1. The Bertz CT molecular complexity index is 2320. The maximum Gasteiger partial charge on any atom is 0.338 e. The summed E-state index contributed by atoms with van der Waals surface area (Å²) in [5.74, 6) is 0.827. The third-order valence-corrected chi connectivity index (χ3v) is 9.57. The highest BCUT2D eigenvalue weighted by atomic mass is 32.1. The van der Waals surface area contributed by atoms with Crippen LogP contribution in [0, 0.1) is 19.7 Å². The quantitative estimate of drug-likeness (QED) is 0.142. The summed E-state index contributed by atoms with van der Waals surface area (Å²) in [7, 11) is 1.55. The van der Waals surface area contributed by atoms with E-state index in [0.29, 0.717) is 43.4 Å². The van der Waals surface area contributed by atoms with Gasteiger partial charge in [-0.25, -0.2) is 14.2 Å². The Labute approximate surface area is 299 Å². The van der Waals surface area contributed by atoms with Crippen molar-refractivity contribution in [2.75, 3.05) is 13.7 Å². The van der Waals surface area contributed by atoms with Gasteiger partial charge < -0.3 is 23.5 Å². The van der Waals surface area contributed by atoms with Crippen LogP contribution in [0.1, 0.15) is 61.8 Å². The van der Waals surface area contributed by atoms with Gasteiger partial charge in [-0.1, -0.05) is 35.6 Å². The van der Waals surface area contributed by atoms with E-state index in [2.05, 4.69) is 4.57 Å². The second-order valence-electron chi connectivity index (χ2n) is 12.4. The first kappa shape index (κ1) is 35.4. The smallest absolute Gasteiger partial charge is 0.338 e. The molecule has 0 N–H and O–H groups in total. The molecule has 0 saturated heterocycles. The van der Waals surface area contributed by atoms with Crippen molar-refractivity contribution in [1.82, 2.24) is 9.13 Å². The zero-order valence-corrected chi connectivity index (χ0v) is 30.5. The monoisotopic (exact) mass is 709 g/mol. The van der Waals surface area contributed by atoms with Gasteiger partial charge in [0.1, 0.15) is 18.2 Å².